The monoisotopic (exact) mass is 197 g/mol. The van der Waals surface area contributed by atoms with Crippen LogP contribution in [0.25, 0.3) is 0 Å². The molecule has 3 nitrogen and oxygen atoms in total. The highest BCUT2D eigenvalue weighted by atomic mass is 16.5. The van der Waals surface area contributed by atoms with Gasteiger partial charge in [-0.25, -0.2) is 0 Å². The van der Waals surface area contributed by atoms with E-state index in [2.05, 4.69) is 5.32 Å². The fourth-order valence-corrected chi connectivity index (χ4v) is 2.80. The predicted molar refractivity (Wildman–Crippen MR) is 53.9 cm³/mol. The number of ether oxygens (including phenoxy) is 1. The molecule has 3 atom stereocenters. The van der Waals surface area contributed by atoms with Crippen molar-refractivity contribution >= 4 is 5.97 Å². The Kier molecular flexibility index (Phi) is 3.06. The molecule has 0 aromatic carbocycles. The van der Waals surface area contributed by atoms with Gasteiger partial charge in [0.1, 0.15) is 0 Å². The minimum absolute atomic E-state index is 0.0150. The van der Waals surface area contributed by atoms with Crippen molar-refractivity contribution in [3.05, 3.63) is 0 Å². The van der Waals surface area contributed by atoms with Gasteiger partial charge >= 0.3 is 5.97 Å². The van der Waals surface area contributed by atoms with Crippen molar-refractivity contribution < 1.29 is 9.53 Å². The van der Waals surface area contributed by atoms with E-state index < -0.39 is 0 Å². The van der Waals surface area contributed by atoms with Gasteiger partial charge in [-0.15, -0.1) is 0 Å². The Morgan fingerprint density at radius 1 is 1.36 bits per heavy atom. The maximum absolute atomic E-state index is 11.3. The molecule has 3 heteroatoms. The summed E-state index contributed by atoms with van der Waals surface area (Å²) in [4.78, 5) is 11.3. The quantitative estimate of drug-likeness (QED) is 0.696. The Labute approximate surface area is 85.2 Å². The zero-order chi connectivity index (χ0) is 9.97. The number of hydrogen-bond donors (Lipinski definition) is 1. The van der Waals surface area contributed by atoms with E-state index >= 15 is 0 Å². The van der Waals surface area contributed by atoms with Crippen LogP contribution in [-0.2, 0) is 9.53 Å². The van der Waals surface area contributed by atoms with Gasteiger partial charge in [-0.2, -0.15) is 0 Å². The van der Waals surface area contributed by atoms with Crippen molar-refractivity contribution in [3.8, 4) is 0 Å². The number of piperidine rings is 1. The van der Waals surface area contributed by atoms with Gasteiger partial charge in [0.15, 0.2) is 0 Å². The molecular weight excluding hydrogens is 178 g/mol. The molecule has 0 aliphatic carbocycles. The molecule has 2 fully saturated rings. The smallest absolute Gasteiger partial charge is 0.306 e. The fourth-order valence-electron chi connectivity index (χ4n) is 2.80. The van der Waals surface area contributed by atoms with E-state index in [-0.39, 0.29) is 5.97 Å². The summed E-state index contributed by atoms with van der Waals surface area (Å²) in [5, 5.41) is 3.57. The van der Waals surface area contributed by atoms with Gasteiger partial charge in [0, 0.05) is 18.5 Å². The van der Waals surface area contributed by atoms with Crippen LogP contribution in [0.15, 0.2) is 0 Å². The van der Waals surface area contributed by atoms with Gasteiger partial charge in [0.2, 0.25) is 0 Å². The van der Waals surface area contributed by atoms with E-state index in [1.165, 1.54) is 12.8 Å². The molecule has 1 unspecified atom stereocenters. The largest absolute Gasteiger partial charge is 0.466 e. The highest BCUT2D eigenvalue weighted by Crippen LogP contribution is 2.32. The van der Waals surface area contributed by atoms with Gasteiger partial charge < -0.3 is 10.1 Å². The molecule has 0 radical (unpaired) electrons. The second-order valence-corrected chi connectivity index (χ2v) is 4.48. The SMILES string of the molecule is CCOC(=O)CC1C[C@H]2CC[C@@H](C1)N2. The number of rotatable bonds is 3. The Hall–Kier alpha value is -0.570. The van der Waals surface area contributed by atoms with Gasteiger partial charge in [-0.3, -0.25) is 4.79 Å². The lowest BCUT2D eigenvalue weighted by Crippen LogP contribution is -2.38. The summed E-state index contributed by atoms with van der Waals surface area (Å²) in [6.07, 6.45) is 5.54. The minimum atomic E-state index is -0.0150. The summed E-state index contributed by atoms with van der Waals surface area (Å²) in [5.74, 6) is 0.548. The first-order valence-electron chi connectivity index (χ1n) is 5.69. The van der Waals surface area contributed by atoms with Crippen molar-refractivity contribution in [2.75, 3.05) is 6.61 Å². The first kappa shape index (κ1) is 9.97. The highest BCUT2D eigenvalue weighted by molar-refractivity contribution is 5.69. The van der Waals surface area contributed by atoms with Crippen LogP contribution in [0.4, 0.5) is 0 Å². The molecule has 80 valence electrons. The third-order valence-electron chi connectivity index (χ3n) is 3.33. The molecule has 0 saturated carbocycles. The number of hydrogen-bond acceptors (Lipinski definition) is 3. The summed E-state index contributed by atoms with van der Waals surface area (Å²) >= 11 is 0. The molecule has 2 heterocycles. The molecule has 0 aromatic rings. The standard InChI is InChI=1S/C11H19NO2/c1-2-14-11(13)7-8-5-9-3-4-10(6-8)12-9/h8-10,12H,2-7H2,1H3/t8?,9-,10+. The second-order valence-electron chi connectivity index (χ2n) is 4.48. The van der Waals surface area contributed by atoms with E-state index in [0.29, 0.717) is 31.0 Å². The molecule has 14 heavy (non-hydrogen) atoms. The topological polar surface area (TPSA) is 38.3 Å². The van der Waals surface area contributed by atoms with Crippen LogP contribution in [0.5, 0.6) is 0 Å². The lowest BCUT2D eigenvalue weighted by Gasteiger charge is -2.28. The van der Waals surface area contributed by atoms with Crippen molar-refractivity contribution in [1.82, 2.24) is 5.32 Å². The number of esters is 1. The van der Waals surface area contributed by atoms with Crippen molar-refractivity contribution in [1.29, 1.82) is 0 Å². The van der Waals surface area contributed by atoms with Crippen LogP contribution in [0.3, 0.4) is 0 Å². The van der Waals surface area contributed by atoms with E-state index in [1.807, 2.05) is 6.92 Å². The summed E-state index contributed by atoms with van der Waals surface area (Å²) in [6, 6.07) is 1.35. The van der Waals surface area contributed by atoms with E-state index in [9.17, 15) is 4.79 Å². The van der Waals surface area contributed by atoms with Crippen LogP contribution < -0.4 is 5.32 Å². The number of fused-ring (bicyclic) bond motifs is 2. The molecule has 0 aromatic heterocycles. The molecule has 2 bridgehead atoms. The first-order chi connectivity index (χ1) is 6.78. The molecule has 2 saturated heterocycles. The van der Waals surface area contributed by atoms with Crippen LogP contribution in [0.2, 0.25) is 0 Å². The van der Waals surface area contributed by atoms with Crippen LogP contribution in [0.1, 0.15) is 39.0 Å². The molecular formula is C11H19NO2. The van der Waals surface area contributed by atoms with Crippen molar-refractivity contribution in [2.45, 2.75) is 51.1 Å². The van der Waals surface area contributed by atoms with E-state index in [1.54, 1.807) is 0 Å². The van der Waals surface area contributed by atoms with Crippen LogP contribution >= 0.6 is 0 Å². The predicted octanol–water partition coefficient (Wildman–Crippen LogP) is 1.47. The summed E-state index contributed by atoms with van der Waals surface area (Å²) in [5.41, 5.74) is 0. The van der Waals surface area contributed by atoms with Crippen molar-refractivity contribution in [2.24, 2.45) is 5.92 Å². The van der Waals surface area contributed by atoms with Crippen LogP contribution in [0, 0.1) is 5.92 Å². The molecule has 1 N–H and O–H groups in total. The van der Waals surface area contributed by atoms with Crippen molar-refractivity contribution in [3.63, 3.8) is 0 Å². The van der Waals surface area contributed by atoms with E-state index in [0.717, 1.165) is 12.8 Å². The Morgan fingerprint density at radius 3 is 2.57 bits per heavy atom. The summed E-state index contributed by atoms with van der Waals surface area (Å²) < 4.78 is 4.98. The highest BCUT2D eigenvalue weighted by Gasteiger charge is 2.34. The average Bonchev–Trinajstić information content (AvgIpc) is 2.46. The molecule has 0 amide bonds. The third kappa shape index (κ3) is 2.27. The Balaban J connectivity index is 1.79. The maximum atomic E-state index is 11.3. The number of nitrogens with one attached hydrogen (secondary N) is 1. The lowest BCUT2D eigenvalue weighted by atomic mass is 9.90. The summed E-state index contributed by atoms with van der Waals surface area (Å²) in [7, 11) is 0. The molecule has 2 aliphatic heterocycles. The van der Waals surface area contributed by atoms with Gasteiger partial charge in [0.05, 0.1) is 6.61 Å². The van der Waals surface area contributed by atoms with Crippen LogP contribution in [-0.4, -0.2) is 24.7 Å². The third-order valence-corrected chi connectivity index (χ3v) is 3.33. The van der Waals surface area contributed by atoms with Gasteiger partial charge in [-0.05, 0) is 38.5 Å². The molecule has 0 spiro atoms. The number of carbonyl (C=O) groups is 1. The second kappa shape index (κ2) is 4.30. The Morgan fingerprint density at radius 2 is 2.00 bits per heavy atom. The first-order valence-corrected chi connectivity index (χ1v) is 5.69. The number of carbonyl (C=O) groups excluding carboxylic acids is 1. The zero-order valence-corrected chi connectivity index (χ0v) is 8.79. The zero-order valence-electron chi connectivity index (χ0n) is 8.79. The Bertz CT molecular complexity index is 205. The maximum Gasteiger partial charge on any atom is 0.306 e. The van der Waals surface area contributed by atoms with E-state index in [4.69, 9.17) is 4.74 Å². The normalized spacial score (nSPS) is 35.6. The average molecular weight is 197 g/mol. The minimum Gasteiger partial charge on any atom is -0.466 e. The molecule has 2 rings (SSSR count). The molecule has 2 aliphatic rings. The summed E-state index contributed by atoms with van der Waals surface area (Å²) in [6.45, 7) is 2.38. The van der Waals surface area contributed by atoms with Gasteiger partial charge in [0.25, 0.3) is 0 Å². The lowest BCUT2D eigenvalue weighted by molar-refractivity contribution is -0.144. The van der Waals surface area contributed by atoms with Gasteiger partial charge in [-0.1, -0.05) is 0 Å². The fraction of sp³-hybridized carbons (Fsp3) is 0.909.